The largest absolute Gasteiger partial charge is 0.289 e. The van der Waals surface area contributed by atoms with E-state index in [1.807, 2.05) is 42.5 Å². The molecule has 0 bridgehead atoms. The van der Waals surface area contributed by atoms with Crippen molar-refractivity contribution in [3.8, 4) is 0 Å². The fraction of sp³-hybridized carbons (Fsp3) is 0.227. The van der Waals surface area contributed by atoms with Gasteiger partial charge < -0.3 is 0 Å². The van der Waals surface area contributed by atoms with Crippen LogP contribution in [0, 0.1) is 0 Å². The van der Waals surface area contributed by atoms with Gasteiger partial charge in [-0.05, 0) is 56.5 Å². The Labute approximate surface area is 148 Å². The molecule has 122 valence electrons. The van der Waals surface area contributed by atoms with Crippen molar-refractivity contribution in [1.82, 2.24) is 0 Å². The fourth-order valence-electron chi connectivity index (χ4n) is 3.54. The van der Waals surface area contributed by atoms with Gasteiger partial charge in [-0.1, -0.05) is 59.1 Å². The van der Waals surface area contributed by atoms with Crippen molar-refractivity contribution in [1.29, 1.82) is 0 Å². The number of hydrogen-bond acceptors (Lipinski definition) is 1. The lowest BCUT2D eigenvalue weighted by Gasteiger charge is -2.19. The molecule has 0 N–H and O–H groups in total. The molecule has 0 radical (unpaired) electrons. The van der Waals surface area contributed by atoms with E-state index in [2.05, 4.69) is 27.7 Å². The minimum Gasteiger partial charge on any atom is -0.289 e. The van der Waals surface area contributed by atoms with Crippen molar-refractivity contribution in [3.63, 3.8) is 0 Å². The first-order chi connectivity index (χ1) is 11.4. The highest BCUT2D eigenvalue weighted by atomic mass is 35.5. The number of ketones is 1. The van der Waals surface area contributed by atoms with Crippen molar-refractivity contribution in [2.45, 2.75) is 33.6 Å². The molecule has 0 saturated heterocycles. The van der Waals surface area contributed by atoms with Crippen LogP contribution in [0.5, 0.6) is 0 Å². The van der Waals surface area contributed by atoms with E-state index >= 15 is 0 Å². The summed E-state index contributed by atoms with van der Waals surface area (Å²) in [6.45, 7) is 8.63. The molecule has 0 atom stereocenters. The maximum atomic E-state index is 13.1. The standard InChI is InChI=1S/C22H21ClO/c1-13-14(2)16(4)21(15(13)3)19-11-10-18(23)12-20(19)22(24)17-8-6-5-7-9-17/h5-12,21H,1-4H3. The molecule has 0 unspecified atom stereocenters. The fourth-order valence-corrected chi connectivity index (χ4v) is 3.71. The molecular formula is C22H21ClO. The molecule has 1 nitrogen and oxygen atoms in total. The number of rotatable bonds is 3. The number of allylic oxidation sites excluding steroid dienone is 4. The predicted molar refractivity (Wildman–Crippen MR) is 101 cm³/mol. The van der Waals surface area contributed by atoms with Gasteiger partial charge in [0, 0.05) is 22.1 Å². The summed E-state index contributed by atoms with van der Waals surface area (Å²) < 4.78 is 0. The Morgan fingerprint density at radius 2 is 1.46 bits per heavy atom. The second-order valence-electron chi connectivity index (χ2n) is 6.48. The van der Waals surface area contributed by atoms with Crippen molar-refractivity contribution in [2.75, 3.05) is 0 Å². The van der Waals surface area contributed by atoms with Crippen LogP contribution in [0.4, 0.5) is 0 Å². The molecule has 2 heteroatoms. The van der Waals surface area contributed by atoms with Gasteiger partial charge in [0.25, 0.3) is 0 Å². The number of carbonyl (C=O) groups excluding carboxylic acids is 1. The van der Waals surface area contributed by atoms with E-state index < -0.39 is 0 Å². The molecule has 0 aromatic heterocycles. The first kappa shape index (κ1) is 16.7. The lowest BCUT2D eigenvalue weighted by atomic mass is 9.84. The van der Waals surface area contributed by atoms with Crippen LogP contribution in [0.3, 0.4) is 0 Å². The highest BCUT2D eigenvalue weighted by Gasteiger charge is 2.29. The summed E-state index contributed by atoms with van der Waals surface area (Å²) >= 11 is 6.21. The molecule has 0 aliphatic heterocycles. The highest BCUT2D eigenvalue weighted by molar-refractivity contribution is 6.31. The van der Waals surface area contributed by atoms with Gasteiger partial charge in [-0.3, -0.25) is 4.79 Å². The Kier molecular flexibility index (Phi) is 4.47. The van der Waals surface area contributed by atoms with Crippen LogP contribution in [0.2, 0.25) is 5.02 Å². The zero-order valence-corrected chi connectivity index (χ0v) is 15.2. The predicted octanol–water partition coefficient (Wildman–Crippen LogP) is 6.34. The lowest BCUT2D eigenvalue weighted by molar-refractivity contribution is 0.103. The number of hydrogen-bond donors (Lipinski definition) is 0. The Morgan fingerprint density at radius 3 is 2.04 bits per heavy atom. The van der Waals surface area contributed by atoms with Crippen molar-refractivity contribution in [2.24, 2.45) is 0 Å². The molecule has 3 rings (SSSR count). The van der Waals surface area contributed by atoms with Gasteiger partial charge in [0.2, 0.25) is 0 Å². The lowest BCUT2D eigenvalue weighted by Crippen LogP contribution is -2.10. The van der Waals surface area contributed by atoms with Crippen molar-refractivity contribution in [3.05, 3.63) is 92.5 Å². The van der Waals surface area contributed by atoms with Gasteiger partial charge in [-0.2, -0.15) is 0 Å². The maximum absolute atomic E-state index is 13.1. The van der Waals surface area contributed by atoms with Crippen LogP contribution in [-0.2, 0) is 0 Å². The SMILES string of the molecule is CC1=C(C)C(c2ccc(Cl)cc2C(=O)c2ccccc2)C(C)=C1C. The summed E-state index contributed by atoms with van der Waals surface area (Å²) in [4.78, 5) is 13.1. The number of benzene rings is 2. The van der Waals surface area contributed by atoms with Gasteiger partial charge >= 0.3 is 0 Å². The summed E-state index contributed by atoms with van der Waals surface area (Å²) in [7, 11) is 0. The van der Waals surface area contributed by atoms with Crippen LogP contribution >= 0.6 is 11.6 Å². The Bertz CT molecular complexity index is 848. The average molecular weight is 337 g/mol. The molecule has 24 heavy (non-hydrogen) atoms. The van der Waals surface area contributed by atoms with E-state index in [9.17, 15) is 4.79 Å². The smallest absolute Gasteiger partial charge is 0.193 e. The first-order valence-corrected chi connectivity index (χ1v) is 8.54. The normalized spacial score (nSPS) is 15.4. The molecule has 0 spiro atoms. The highest BCUT2D eigenvalue weighted by Crippen LogP contribution is 2.44. The average Bonchev–Trinajstić information content (AvgIpc) is 2.79. The minimum atomic E-state index is 0.0240. The van der Waals surface area contributed by atoms with E-state index in [0.717, 1.165) is 5.56 Å². The zero-order chi connectivity index (χ0) is 17.4. The maximum Gasteiger partial charge on any atom is 0.193 e. The third-order valence-corrected chi connectivity index (χ3v) is 5.45. The van der Waals surface area contributed by atoms with E-state index in [1.165, 1.54) is 22.3 Å². The van der Waals surface area contributed by atoms with E-state index in [-0.39, 0.29) is 11.7 Å². The molecule has 0 amide bonds. The third-order valence-electron chi connectivity index (χ3n) is 5.22. The summed E-state index contributed by atoms with van der Waals surface area (Å²) in [5.74, 6) is 0.181. The van der Waals surface area contributed by atoms with E-state index in [4.69, 9.17) is 11.6 Å². The van der Waals surface area contributed by atoms with Crippen LogP contribution in [0.15, 0.2) is 70.8 Å². The molecule has 0 heterocycles. The second-order valence-corrected chi connectivity index (χ2v) is 6.91. The van der Waals surface area contributed by atoms with Gasteiger partial charge in [-0.25, -0.2) is 0 Å². The molecule has 2 aromatic carbocycles. The summed E-state index contributed by atoms with van der Waals surface area (Å²) in [6, 6.07) is 15.1. The molecule has 1 aliphatic carbocycles. The molecule has 0 fully saturated rings. The monoisotopic (exact) mass is 336 g/mol. The Balaban J connectivity index is 2.17. The summed E-state index contributed by atoms with van der Waals surface area (Å²) in [5.41, 5.74) is 7.70. The van der Waals surface area contributed by atoms with Crippen molar-refractivity contribution < 1.29 is 4.79 Å². The minimum absolute atomic E-state index is 0.0240. The summed E-state index contributed by atoms with van der Waals surface area (Å²) in [6.07, 6.45) is 0. The third kappa shape index (κ3) is 2.74. The van der Waals surface area contributed by atoms with Crippen LogP contribution in [0.1, 0.15) is 55.1 Å². The van der Waals surface area contributed by atoms with Crippen LogP contribution < -0.4 is 0 Å². The molecule has 0 saturated carbocycles. The van der Waals surface area contributed by atoms with Gasteiger partial charge in [0.05, 0.1) is 0 Å². The van der Waals surface area contributed by atoms with Gasteiger partial charge in [0.15, 0.2) is 5.78 Å². The number of carbonyl (C=O) groups is 1. The van der Waals surface area contributed by atoms with Gasteiger partial charge in [0.1, 0.15) is 0 Å². The summed E-state index contributed by atoms with van der Waals surface area (Å²) in [5, 5.41) is 0.590. The van der Waals surface area contributed by atoms with E-state index in [0.29, 0.717) is 16.1 Å². The number of halogens is 1. The molecular weight excluding hydrogens is 316 g/mol. The Hall–Kier alpha value is -2.12. The first-order valence-electron chi connectivity index (χ1n) is 8.16. The van der Waals surface area contributed by atoms with Crippen LogP contribution in [0.25, 0.3) is 0 Å². The Morgan fingerprint density at radius 1 is 0.875 bits per heavy atom. The van der Waals surface area contributed by atoms with Gasteiger partial charge in [-0.15, -0.1) is 0 Å². The molecule has 1 aliphatic rings. The van der Waals surface area contributed by atoms with E-state index in [1.54, 1.807) is 6.07 Å². The van der Waals surface area contributed by atoms with Crippen LogP contribution in [-0.4, -0.2) is 5.78 Å². The zero-order valence-electron chi connectivity index (χ0n) is 14.5. The molecule has 2 aromatic rings. The van der Waals surface area contributed by atoms with Crippen molar-refractivity contribution >= 4 is 17.4 Å². The second kappa shape index (κ2) is 6.41. The topological polar surface area (TPSA) is 17.1 Å². The quantitative estimate of drug-likeness (QED) is 0.597.